The Labute approximate surface area is 117 Å². The van der Waals surface area contributed by atoms with E-state index in [-0.39, 0.29) is 11.6 Å². The average molecular weight is 261 g/mol. The van der Waals surface area contributed by atoms with Gasteiger partial charge >= 0.3 is 0 Å². The van der Waals surface area contributed by atoms with Gasteiger partial charge in [0.05, 0.1) is 6.10 Å². The summed E-state index contributed by atoms with van der Waals surface area (Å²) in [6.07, 6.45) is 2.51. The summed E-state index contributed by atoms with van der Waals surface area (Å²) in [7, 11) is 0. The lowest BCUT2D eigenvalue weighted by atomic mass is 9.90. The van der Waals surface area contributed by atoms with Crippen LogP contribution in [0.4, 0.5) is 0 Å². The molecular weight excluding hydrogens is 234 g/mol. The van der Waals surface area contributed by atoms with E-state index in [0.29, 0.717) is 5.92 Å². The van der Waals surface area contributed by atoms with E-state index in [2.05, 4.69) is 57.3 Å². The Kier molecular flexibility index (Phi) is 4.64. The highest BCUT2D eigenvalue weighted by Crippen LogP contribution is 2.36. The summed E-state index contributed by atoms with van der Waals surface area (Å²) < 4.78 is 6.02. The van der Waals surface area contributed by atoms with Crippen LogP contribution in [0.1, 0.15) is 51.3 Å². The first kappa shape index (κ1) is 14.5. The second-order valence-corrected chi connectivity index (χ2v) is 6.52. The molecule has 1 heterocycles. The van der Waals surface area contributed by atoms with Gasteiger partial charge in [-0.25, -0.2) is 0 Å². The fourth-order valence-corrected chi connectivity index (χ4v) is 2.76. The second-order valence-electron chi connectivity index (χ2n) is 6.52. The maximum absolute atomic E-state index is 6.02. The summed E-state index contributed by atoms with van der Waals surface area (Å²) in [5.41, 5.74) is 3.00. The molecule has 1 aliphatic heterocycles. The van der Waals surface area contributed by atoms with Gasteiger partial charge in [0, 0.05) is 24.6 Å². The molecule has 1 aromatic carbocycles. The third-order valence-corrected chi connectivity index (χ3v) is 3.85. The number of hydrogen-bond acceptors (Lipinski definition) is 2. The molecule has 0 radical (unpaired) electrons. The predicted molar refractivity (Wildman–Crippen MR) is 80.4 cm³/mol. The van der Waals surface area contributed by atoms with E-state index in [0.717, 1.165) is 26.0 Å². The Balaban J connectivity index is 2.10. The van der Waals surface area contributed by atoms with Crippen LogP contribution in [-0.2, 0) is 11.2 Å². The zero-order valence-electron chi connectivity index (χ0n) is 12.7. The van der Waals surface area contributed by atoms with E-state index in [1.807, 2.05) is 0 Å². The lowest BCUT2D eigenvalue weighted by molar-refractivity contribution is 0.0883. The molecule has 2 heteroatoms. The molecule has 0 aliphatic carbocycles. The van der Waals surface area contributed by atoms with E-state index < -0.39 is 0 Å². The lowest BCUT2D eigenvalue weighted by Gasteiger charge is -2.26. The van der Waals surface area contributed by atoms with Gasteiger partial charge < -0.3 is 10.1 Å². The van der Waals surface area contributed by atoms with Crippen LogP contribution >= 0.6 is 0 Å². The quantitative estimate of drug-likeness (QED) is 0.892. The Morgan fingerprint density at radius 1 is 1.26 bits per heavy atom. The van der Waals surface area contributed by atoms with Crippen molar-refractivity contribution in [2.75, 3.05) is 13.2 Å². The molecule has 1 fully saturated rings. The van der Waals surface area contributed by atoms with E-state index in [9.17, 15) is 0 Å². The van der Waals surface area contributed by atoms with Crippen molar-refractivity contribution in [2.24, 2.45) is 5.92 Å². The zero-order valence-corrected chi connectivity index (χ0v) is 12.7. The smallest absolute Gasteiger partial charge is 0.0868 e. The largest absolute Gasteiger partial charge is 0.373 e. The van der Waals surface area contributed by atoms with E-state index in [4.69, 9.17) is 4.74 Å². The third kappa shape index (κ3) is 3.80. The van der Waals surface area contributed by atoms with Gasteiger partial charge in [0.1, 0.15) is 0 Å². The average Bonchev–Trinajstić information content (AvgIpc) is 2.83. The summed E-state index contributed by atoms with van der Waals surface area (Å²) in [4.78, 5) is 0. The molecule has 1 aliphatic rings. The topological polar surface area (TPSA) is 21.3 Å². The molecule has 2 nitrogen and oxygen atoms in total. The third-order valence-electron chi connectivity index (χ3n) is 3.85. The maximum atomic E-state index is 6.02. The van der Waals surface area contributed by atoms with E-state index in [1.165, 1.54) is 11.1 Å². The zero-order chi connectivity index (χ0) is 13.9. The molecular formula is C17H27NO. The number of aryl methyl sites for hydroxylation is 1. The Hall–Kier alpha value is -0.860. The highest BCUT2D eigenvalue weighted by atomic mass is 16.5. The minimum atomic E-state index is 0.178. The number of benzene rings is 1. The highest BCUT2D eigenvalue weighted by molar-refractivity contribution is 5.30. The molecule has 19 heavy (non-hydrogen) atoms. The van der Waals surface area contributed by atoms with E-state index >= 15 is 0 Å². The first-order valence-corrected chi connectivity index (χ1v) is 7.45. The van der Waals surface area contributed by atoms with Crippen LogP contribution in [0.3, 0.4) is 0 Å². The summed E-state index contributed by atoms with van der Waals surface area (Å²) in [5.74, 6) is 0.590. The normalized spacial score (nSPS) is 23.8. The second kappa shape index (κ2) is 6.06. The summed E-state index contributed by atoms with van der Waals surface area (Å²) in [6.45, 7) is 10.8. The molecule has 0 amide bonds. The predicted octanol–water partition coefficient (Wildman–Crippen LogP) is 3.71. The minimum absolute atomic E-state index is 0.178. The first-order chi connectivity index (χ1) is 9.01. The number of hydrogen-bond donors (Lipinski definition) is 1. The van der Waals surface area contributed by atoms with E-state index in [1.54, 1.807) is 0 Å². The SMILES string of the molecule is CCc1ccccc1C1OCCC1CNC(C)(C)C. The van der Waals surface area contributed by atoms with Crippen LogP contribution in [0, 0.1) is 5.92 Å². The number of rotatable bonds is 4. The number of ether oxygens (including phenoxy) is 1. The first-order valence-electron chi connectivity index (χ1n) is 7.45. The fourth-order valence-electron chi connectivity index (χ4n) is 2.76. The molecule has 2 atom stereocenters. The number of nitrogens with one attached hydrogen (secondary N) is 1. The molecule has 2 rings (SSSR count). The van der Waals surface area contributed by atoms with Crippen molar-refractivity contribution < 1.29 is 4.74 Å². The lowest BCUT2D eigenvalue weighted by Crippen LogP contribution is -2.39. The van der Waals surface area contributed by atoms with Gasteiger partial charge in [-0.2, -0.15) is 0 Å². The fraction of sp³-hybridized carbons (Fsp3) is 0.647. The molecule has 0 aromatic heterocycles. The molecule has 0 spiro atoms. The summed E-state index contributed by atoms with van der Waals surface area (Å²) in [6, 6.07) is 8.72. The van der Waals surface area contributed by atoms with Crippen molar-refractivity contribution in [3.63, 3.8) is 0 Å². The van der Waals surface area contributed by atoms with Crippen LogP contribution in [0.2, 0.25) is 0 Å². The van der Waals surface area contributed by atoms with Crippen LogP contribution in [-0.4, -0.2) is 18.7 Å². The molecule has 106 valence electrons. The van der Waals surface area contributed by atoms with Crippen molar-refractivity contribution in [3.05, 3.63) is 35.4 Å². The van der Waals surface area contributed by atoms with Gasteiger partial charge in [-0.1, -0.05) is 31.2 Å². The van der Waals surface area contributed by atoms with Crippen molar-refractivity contribution in [1.82, 2.24) is 5.32 Å². The minimum Gasteiger partial charge on any atom is -0.373 e. The standard InChI is InChI=1S/C17H27NO/c1-5-13-8-6-7-9-15(13)16-14(10-11-19-16)12-18-17(2,3)4/h6-9,14,16,18H,5,10-12H2,1-4H3. The molecule has 0 bridgehead atoms. The van der Waals surface area contributed by atoms with Crippen LogP contribution in [0.25, 0.3) is 0 Å². The monoisotopic (exact) mass is 261 g/mol. The molecule has 1 N–H and O–H groups in total. The van der Waals surface area contributed by atoms with Gasteiger partial charge in [0.2, 0.25) is 0 Å². The summed E-state index contributed by atoms with van der Waals surface area (Å²) >= 11 is 0. The molecule has 0 saturated carbocycles. The van der Waals surface area contributed by atoms with Crippen molar-refractivity contribution in [2.45, 2.75) is 52.2 Å². The van der Waals surface area contributed by atoms with Crippen LogP contribution in [0.15, 0.2) is 24.3 Å². The Bertz CT molecular complexity index is 408. The Morgan fingerprint density at radius 3 is 2.68 bits per heavy atom. The Morgan fingerprint density at radius 2 is 2.00 bits per heavy atom. The van der Waals surface area contributed by atoms with Crippen molar-refractivity contribution in [1.29, 1.82) is 0 Å². The van der Waals surface area contributed by atoms with Crippen LogP contribution in [0.5, 0.6) is 0 Å². The van der Waals surface area contributed by atoms with Crippen molar-refractivity contribution in [3.8, 4) is 0 Å². The molecule has 2 unspecified atom stereocenters. The van der Waals surface area contributed by atoms with Crippen LogP contribution < -0.4 is 5.32 Å². The van der Waals surface area contributed by atoms with Gasteiger partial charge in [0.15, 0.2) is 0 Å². The summed E-state index contributed by atoms with van der Waals surface area (Å²) in [5, 5.41) is 3.62. The molecule has 1 saturated heterocycles. The maximum Gasteiger partial charge on any atom is 0.0868 e. The van der Waals surface area contributed by atoms with Gasteiger partial charge in [0.25, 0.3) is 0 Å². The van der Waals surface area contributed by atoms with Gasteiger partial charge in [-0.05, 0) is 44.7 Å². The highest BCUT2D eigenvalue weighted by Gasteiger charge is 2.31. The molecule has 1 aromatic rings. The van der Waals surface area contributed by atoms with Gasteiger partial charge in [-0.3, -0.25) is 0 Å². The van der Waals surface area contributed by atoms with Gasteiger partial charge in [-0.15, -0.1) is 0 Å². The van der Waals surface area contributed by atoms with Crippen molar-refractivity contribution >= 4 is 0 Å².